The Morgan fingerprint density at radius 3 is 3.12 bits per heavy atom. The summed E-state index contributed by atoms with van der Waals surface area (Å²) in [6.45, 7) is 2.85. The van der Waals surface area contributed by atoms with Gasteiger partial charge in [0.2, 0.25) is 5.91 Å². The number of rotatable bonds is 3. The van der Waals surface area contributed by atoms with Gasteiger partial charge in [-0.1, -0.05) is 0 Å². The number of aromatic nitrogens is 2. The van der Waals surface area contributed by atoms with Crippen molar-refractivity contribution in [3.8, 4) is 0 Å². The highest BCUT2D eigenvalue weighted by Gasteiger charge is 2.42. The fourth-order valence-electron chi connectivity index (χ4n) is 2.95. The monoisotopic (exact) mass is 234 g/mol. The van der Waals surface area contributed by atoms with E-state index in [1.165, 1.54) is 6.42 Å². The number of aryl methyl sites for hydroxylation is 1. The van der Waals surface area contributed by atoms with Gasteiger partial charge >= 0.3 is 0 Å². The lowest BCUT2D eigenvalue weighted by molar-refractivity contribution is -0.120. The van der Waals surface area contributed by atoms with Crippen LogP contribution in [0.1, 0.15) is 26.2 Å². The molecule has 0 saturated carbocycles. The molecule has 0 aromatic carbocycles. The first kappa shape index (κ1) is 10.8. The second-order valence-electron chi connectivity index (χ2n) is 4.96. The first-order valence-electron chi connectivity index (χ1n) is 6.35. The van der Waals surface area contributed by atoms with Gasteiger partial charge < -0.3 is 10.6 Å². The third kappa shape index (κ3) is 1.95. The molecule has 17 heavy (non-hydrogen) atoms. The van der Waals surface area contributed by atoms with Crippen LogP contribution in [0.15, 0.2) is 12.4 Å². The summed E-state index contributed by atoms with van der Waals surface area (Å²) < 4.78 is 1.81. The van der Waals surface area contributed by atoms with Crippen LogP contribution < -0.4 is 10.6 Å². The number of hydrogen-bond acceptors (Lipinski definition) is 3. The SMILES string of the molecule is CCn1cc(NC(=O)C2CC3CCC2N3)cn1. The first-order chi connectivity index (χ1) is 8.26. The van der Waals surface area contributed by atoms with Gasteiger partial charge in [0.15, 0.2) is 0 Å². The van der Waals surface area contributed by atoms with Gasteiger partial charge in [-0.05, 0) is 26.2 Å². The normalized spacial score (nSPS) is 30.8. The maximum absolute atomic E-state index is 12.1. The fraction of sp³-hybridized carbons (Fsp3) is 0.667. The molecule has 1 aromatic heterocycles. The van der Waals surface area contributed by atoms with Gasteiger partial charge in [0.1, 0.15) is 0 Å². The standard InChI is InChI=1S/C12H18N4O/c1-2-16-7-9(6-13-16)15-12(17)10-5-8-3-4-11(10)14-8/h6-8,10-11,14H,2-5H2,1H3,(H,15,17). The molecule has 2 saturated heterocycles. The highest BCUT2D eigenvalue weighted by molar-refractivity contribution is 5.93. The Morgan fingerprint density at radius 2 is 2.53 bits per heavy atom. The number of amides is 1. The Bertz CT molecular complexity index is 428. The molecule has 0 radical (unpaired) electrons. The Morgan fingerprint density at radius 1 is 1.65 bits per heavy atom. The van der Waals surface area contributed by atoms with E-state index in [2.05, 4.69) is 15.7 Å². The van der Waals surface area contributed by atoms with Crippen LogP contribution in [-0.2, 0) is 11.3 Å². The van der Waals surface area contributed by atoms with Crippen LogP contribution in [0.5, 0.6) is 0 Å². The lowest BCUT2D eigenvalue weighted by Gasteiger charge is -2.18. The van der Waals surface area contributed by atoms with E-state index >= 15 is 0 Å². The van der Waals surface area contributed by atoms with Crippen LogP contribution in [0.4, 0.5) is 5.69 Å². The molecular formula is C12H18N4O. The molecule has 0 aliphatic carbocycles. The number of fused-ring (bicyclic) bond motifs is 2. The van der Waals surface area contributed by atoms with Gasteiger partial charge in [-0.3, -0.25) is 9.48 Å². The molecule has 0 spiro atoms. The molecule has 5 heteroatoms. The van der Waals surface area contributed by atoms with Crippen molar-refractivity contribution < 1.29 is 4.79 Å². The topological polar surface area (TPSA) is 59.0 Å². The van der Waals surface area contributed by atoms with E-state index in [1.807, 2.05) is 17.8 Å². The van der Waals surface area contributed by atoms with Gasteiger partial charge in [0, 0.05) is 24.8 Å². The van der Waals surface area contributed by atoms with Crippen LogP contribution >= 0.6 is 0 Å². The third-order valence-corrected chi connectivity index (χ3v) is 3.86. The minimum absolute atomic E-state index is 0.138. The van der Waals surface area contributed by atoms with Crippen LogP contribution in [-0.4, -0.2) is 27.8 Å². The molecule has 2 aliphatic rings. The fourth-order valence-corrected chi connectivity index (χ4v) is 2.95. The zero-order chi connectivity index (χ0) is 11.8. The predicted octanol–water partition coefficient (Wildman–Crippen LogP) is 0.982. The Kier molecular flexibility index (Phi) is 2.63. The first-order valence-corrected chi connectivity index (χ1v) is 6.35. The zero-order valence-electron chi connectivity index (χ0n) is 10.0. The lowest BCUT2D eigenvalue weighted by atomic mass is 9.88. The van der Waals surface area contributed by atoms with Crippen molar-refractivity contribution in [3.63, 3.8) is 0 Å². The summed E-state index contributed by atoms with van der Waals surface area (Å²) in [4.78, 5) is 12.1. The van der Waals surface area contributed by atoms with Crippen molar-refractivity contribution in [1.82, 2.24) is 15.1 Å². The third-order valence-electron chi connectivity index (χ3n) is 3.86. The number of nitrogens with one attached hydrogen (secondary N) is 2. The molecule has 3 atom stereocenters. The van der Waals surface area contributed by atoms with Crippen molar-refractivity contribution in [2.75, 3.05) is 5.32 Å². The van der Waals surface area contributed by atoms with Crippen LogP contribution in [0, 0.1) is 5.92 Å². The molecule has 3 rings (SSSR count). The molecular weight excluding hydrogens is 216 g/mol. The highest BCUT2D eigenvalue weighted by atomic mass is 16.2. The van der Waals surface area contributed by atoms with Gasteiger partial charge in [-0.2, -0.15) is 5.10 Å². The summed E-state index contributed by atoms with van der Waals surface area (Å²) in [5.74, 6) is 0.277. The lowest BCUT2D eigenvalue weighted by Crippen LogP contribution is -2.32. The van der Waals surface area contributed by atoms with E-state index < -0.39 is 0 Å². The van der Waals surface area contributed by atoms with E-state index in [-0.39, 0.29) is 11.8 Å². The summed E-state index contributed by atoms with van der Waals surface area (Å²) in [7, 11) is 0. The van der Waals surface area contributed by atoms with Gasteiger partial charge in [0.05, 0.1) is 17.8 Å². The molecule has 2 N–H and O–H groups in total. The average Bonchev–Trinajstić information content (AvgIpc) is 3.04. The van der Waals surface area contributed by atoms with E-state index in [1.54, 1.807) is 6.20 Å². The Balaban J connectivity index is 1.63. The Hall–Kier alpha value is -1.36. The largest absolute Gasteiger partial charge is 0.323 e. The van der Waals surface area contributed by atoms with Crippen LogP contribution in [0.2, 0.25) is 0 Å². The minimum Gasteiger partial charge on any atom is -0.323 e. The summed E-state index contributed by atoms with van der Waals surface area (Å²) in [5, 5.41) is 10.6. The van der Waals surface area contributed by atoms with Gasteiger partial charge in [-0.15, -0.1) is 0 Å². The summed E-state index contributed by atoms with van der Waals surface area (Å²) >= 11 is 0. The van der Waals surface area contributed by atoms with Crippen LogP contribution in [0.3, 0.4) is 0 Å². The van der Waals surface area contributed by atoms with Crippen LogP contribution in [0.25, 0.3) is 0 Å². The quantitative estimate of drug-likeness (QED) is 0.819. The van der Waals surface area contributed by atoms with Gasteiger partial charge in [-0.25, -0.2) is 0 Å². The smallest absolute Gasteiger partial charge is 0.229 e. The van der Waals surface area contributed by atoms with Gasteiger partial charge in [0.25, 0.3) is 0 Å². The molecule has 3 unspecified atom stereocenters. The van der Waals surface area contributed by atoms with E-state index in [0.29, 0.717) is 12.1 Å². The molecule has 92 valence electrons. The van der Waals surface area contributed by atoms with Crippen molar-refractivity contribution in [1.29, 1.82) is 0 Å². The van der Waals surface area contributed by atoms with E-state index in [9.17, 15) is 4.79 Å². The van der Waals surface area contributed by atoms with Crippen molar-refractivity contribution in [2.45, 2.75) is 44.8 Å². The highest BCUT2D eigenvalue weighted by Crippen LogP contribution is 2.33. The molecule has 2 bridgehead atoms. The summed E-state index contributed by atoms with van der Waals surface area (Å²) in [6, 6.07) is 0.954. The predicted molar refractivity (Wildman–Crippen MR) is 64.6 cm³/mol. The maximum atomic E-state index is 12.1. The summed E-state index contributed by atoms with van der Waals surface area (Å²) in [6.07, 6.45) is 6.93. The maximum Gasteiger partial charge on any atom is 0.229 e. The van der Waals surface area contributed by atoms with E-state index in [4.69, 9.17) is 0 Å². The number of nitrogens with zero attached hydrogens (tertiary/aromatic N) is 2. The molecule has 2 aliphatic heterocycles. The molecule has 3 heterocycles. The summed E-state index contributed by atoms with van der Waals surface area (Å²) in [5.41, 5.74) is 0.805. The van der Waals surface area contributed by atoms with Crippen molar-refractivity contribution in [2.24, 2.45) is 5.92 Å². The van der Waals surface area contributed by atoms with Crippen molar-refractivity contribution >= 4 is 11.6 Å². The average molecular weight is 234 g/mol. The molecule has 1 aromatic rings. The Labute approximate surface area is 101 Å². The number of anilines is 1. The molecule has 5 nitrogen and oxygen atoms in total. The number of carbonyl (C=O) groups is 1. The van der Waals surface area contributed by atoms with Crippen molar-refractivity contribution in [3.05, 3.63) is 12.4 Å². The number of carbonyl (C=O) groups excluding carboxylic acids is 1. The second kappa shape index (κ2) is 4.14. The second-order valence-corrected chi connectivity index (χ2v) is 4.96. The number of hydrogen-bond donors (Lipinski definition) is 2. The minimum atomic E-state index is 0.138. The molecule has 1 amide bonds. The zero-order valence-corrected chi connectivity index (χ0v) is 10.0. The molecule has 2 fully saturated rings. The van der Waals surface area contributed by atoms with E-state index in [0.717, 1.165) is 25.1 Å².